The fraction of sp³-hybridized carbons (Fsp3) is 0.250. The van der Waals surface area contributed by atoms with E-state index in [0.29, 0.717) is 36.4 Å². The van der Waals surface area contributed by atoms with Crippen molar-refractivity contribution < 1.29 is 9.18 Å². The van der Waals surface area contributed by atoms with Gasteiger partial charge in [-0.2, -0.15) is 5.26 Å². The number of carbonyl (C=O) groups excluding carboxylic acids is 1. The molecule has 0 radical (unpaired) electrons. The number of carbonyl (C=O) groups is 1. The highest BCUT2D eigenvalue weighted by Crippen LogP contribution is 2.32. The standard InChI is InChI=1S/C20H16ClFN4O/c21-17-6-3-13(10-18(17)22)16-12-26(9-8-25-7-1-2-19(25)27)20-15(16)5-4-14(11-23)24-20/h3-6,10,12H,1-2,7-9H2. The van der Waals surface area contributed by atoms with E-state index in [1.165, 1.54) is 12.1 Å². The first-order valence-electron chi connectivity index (χ1n) is 8.70. The van der Waals surface area contributed by atoms with E-state index in [2.05, 4.69) is 4.98 Å². The van der Waals surface area contributed by atoms with Crippen LogP contribution in [0.2, 0.25) is 5.02 Å². The number of halogens is 2. The summed E-state index contributed by atoms with van der Waals surface area (Å²) in [7, 11) is 0. The SMILES string of the molecule is N#Cc1ccc2c(-c3ccc(Cl)c(F)c3)cn(CCN3CCCC3=O)c2n1. The maximum Gasteiger partial charge on any atom is 0.222 e. The summed E-state index contributed by atoms with van der Waals surface area (Å²) in [6.45, 7) is 1.90. The summed E-state index contributed by atoms with van der Waals surface area (Å²) in [6.07, 6.45) is 3.37. The molecule has 7 heteroatoms. The van der Waals surface area contributed by atoms with Crippen molar-refractivity contribution in [1.29, 1.82) is 5.26 Å². The molecule has 1 fully saturated rings. The average Bonchev–Trinajstić information content (AvgIpc) is 3.25. The molecule has 1 aromatic carbocycles. The molecule has 0 saturated carbocycles. The molecule has 27 heavy (non-hydrogen) atoms. The number of pyridine rings is 1. The molecular weight excluding hydrogens is 367 g/mol. The lowest BCUT2D eigenvalue weighted by molar-refractivity contribution is -0.127. The van der Waals surface area contributed by atoms with Crippen molar-refractivity contribution in [2.24, 2.45) is 0 Å². The zero-order valence-corrected chi connectivity index (χ0v) is 15.2. The Balaban J connectivity index is 1.76. The fourth-order valence-corrected chi connectivity index (χ4v) is 3.58. The highest BCUT2D eigenvalue weighted by Gasteiger charge is 2.20. The first kappa shape index (κ1) is 17.5. The molecule has 4 rings (SSSR count). The topological polar surface area (TPSA) is 61.9 Å². The number of nitriles is 1. The van der Waals surface area contributed by atoms with Crippen LogP contribution in [0.3, 0.4) is 0 Å². The second-order valence-corrected chi connectivity index (χ2v) is 6.94. The normalized spacial score (nSPS) is 14.1. The maximum atomic E-state index is 13.9. The minimum Gasteiger partial charge on any atom is -0.341 e. The van der Waals surface area contributed by atoms with Crippen LogP contribution in [0.5, 0.6) is 0 Å². The first-order chi connectivity index (χ1) is 13.1. The molecule has 0 spiro atoms. The number of benzene rings is 1. The van der Waals surface area contributed by atoms with Gasteiger partial charge in [0, 0.05) is 43.2 Å². The Bertz CT molecular complexity index is 1090. The molecule has 1 saturated heterocycles. The van der Waals surface area contributed by atoms with Crippen LogP contribution in [-0.2, 0) is 11.3 Å². The molecule has 0 atom stereocenters. The minimum atomic E-state index is -0.487. The second-order valence-electron chi connectivity index (χ2n) is 6.53. The van der Waals surface area contributed by atoms with E-state index in [4.69, 9.17) is 11.6 Å². The van der Waals surface area contributed by atoms with E-state index in [1.54, 1.807) is 12.1 Å². The number of hydrogen-bond donors (Lipinski definition) is 0. The van der Waals surface area contributed by atoms with Crippen LogP contribution < -0.4 is 0 Å². The lowest BCUT2D eigenvalue weighted by Gasteiger charge is -2.16. The summed E-state index contributed by atoms with van der Waals surface area (Å²) in [5.41, 5.74) is 2.45. The largest absolute Gasteiger partial charge is 0.341 e. The van der Waals surface area contributed by atoms with E-state index in [-0.39, 0.29) is 10.9 Å². The van der Waals surface area contributed by atoms with Crippen LogP contribution in [0.15, 0.2) is 36.5 Å². The Morgan fingerprint density at radius 2 is 2.11 bits per heavy atom. The van der Waals surface area contributed by atoms with Gasteiger partial charge in [0.1, 0.15) is 23.2 Å². The third-order valence-electron chi connectivity index (χ3n) is 4.85. The van der Waals surface area contributed by atoms with Crippen molar-refractivity contribution in [3.63, 3.8) is 0 Å². The van der Waals surface area contributed by atoms with Crippen LogP contribution in [0, 0.1) is 17.1 Å². The molecule has 0 bridgehead atoms. The van der Waals surface area contributed by atoms with Gasteiger partial charge in [0.05, 0.1) is 5.02 Å². The molecule has 0 unspecified atom stereocenters. The first-order valence-corrected chi connectivity index (χ1v) is 9.08. The monoisotopic (exact) mass is 382 g/mol. The number of aromatic nitrogens is 2. The van der Waals surface area contributed by atoms with Gasteiger partial charge in [0.15, 0.2) is 0 Å². The molecule has 3 aromatic rings. The molecule has 2 aromatic heterocycles. The van der Waals surface area contributed by atoms with Gasteiger partial charge in [0.2, 0.25) is 5.91 Å². The van der Waals surface area contributed by atoms with Crippen LogP contribution in [0.1, 0.15) is 18.5 Å². The molecular formula is C20H16ClFN4O. The summed E-state index contributed by atoms with van der Waals surface area (Å²) in [5, 5.41) is 10.1. The van der Waals surface area contributed by atoms with Crippen molar-refractivity contribution in [3.05, 3.63) is 53.1 Å². The average molecular weight is 383 g/mol. The summed E-state index contributed by atoms with van der Waals surface area (Å²) in [6, 6.07) is 10.2. The van der Waals surface area contributed by atoms with Gasteiger partial charge in [-0.15, -0.1) is 0 Å². The molecule has 0 aliphatic carbocycles. The lowest BCUT2D eigenvalue weighted by atomic mass is 10.1. The van der Waals surface area contributed by atoms with Gasteiger partial charge in [-0.3, -0.25) is 4.79 Å². The Labute approximate surface area is 160 Å². The molecule has 1 aliphatic rings. The van der Waals surface area contributed by atoms with Crippen LogP contribution in [-0.4, -0.2) is 33.4 Å². The smallest absolute Gasteiger partial charge is 0.222 e. The highest BCUT2D eigenvalue weighted by atomic mass is 35.5. The zero-order chi connectivity index (χ0) is 19.0. The summed E-state index contributed by atoms with van der Waals surface area (Å²) in [4.78, 5) is 18.1. The molecule has 0 N–H and O–H groups in total. The van der Waals surface area contributed by atoms with Gasteiger partial charge in [-0.1, -0.05) is 17.7 Å². The molecule has 136 valence electrons. The molecule has 1 amide bonds. The summed E-state index contributed by atoms with van der Waals surface area (Å²) >= 11 is 5.80. The Morgan fingerprint density at radius 1 is 1.26 bits per heavy atom. The van der Waals surface area contributed by atoms with Gasteiger partial charge >= 0.3 is 0 Å². The van der Waals surface area contributed by atoms with Crippen molar-refractivity contribution in [3.8, 4) is 17.2 Å². The Kier molecular flexibility index (Phi) is 4.54. The second kappa shape index (κ2) is 7.01. The number of likely N-dealkylation sites (tertiary alicyclic amines) is 1. The van der Waals surface area contributed by atoms with E-state index < -0.39 is 5.82 Å². The summed E-state index contributed by atoms with van der Waals surface area (Å²) < 4.78 is 15.9. The molecule has 5 nitrogen and oxygen atoms in total. The van der Waals surface area contributed by atoms with Crippen molar-refractivity contribution in [1.82, 2.24) is 14.5 Å². The van der Waals surface area contributed by atoms with Crippen molar-refractivity contribution >= 4 is 28.5 Å². The van der Waals surface area contributed by atoms with Crippen molar-refractivity contribution in [2.45, 2.75) is 19.4 Å². The predicted octanol–water partition coefficient (Wildman–Crippen LogP) is 3.99. The third kappa shape index (κ3) is 3.26. The van der Waals surface area contributed by atoms with Crippen LogP contribution in [0.4, 0.5) is 4.39 Å². The predicted molar refractivity (Wildman–Crippen MR) is 101 cm³/mol. The number of hydrogen-bond acceptors (Lipinski definition) is 3. The quantitative estimate of drug-likeness (QED) is 0.685. The Morgan fingerprint density at radius 3 is 2.81 bits per heavy atom. The molecule has 3 heterocycles. The van der Waals surface area contributed by atoms with E-state index >= 15 is 0 Å². The van der Waals surface area contributed by atoms with E-state index in [1.807, 2.05) is 27.8 Å². The van der Waals surface area contributed by atoms with Gasteiger partial charge in [0.25, 0.3) is 0 Å². The van der Waals surface area contributed by atoms with Gasteiger partial charge in [-0.05, 0) is 36.2 Å². The minimum absolute atomic E-state index is 0.0694. The summed E-state index contributed by atoms with van der Waals surface area (Å²) in [5.74, 6) is -0.323. The van der Waals surface area contributed by atoms with E-state index in [9.17, 15) is 14.4 Å². The molecule has 1 aliphatic heterocycles. The highest BCUT2D eigenvalue weighted by molar-refractivity contribution is 6.30. The number of amides is 1. The van der Waals surface area contributed by atoms with Crippen LogP contribution >= 0.6 is 11.6 Å². The van der Waals surface area contributed by atoms with Crippen molar-refractivity contribution in [2.75, 3.05) is 13.1 Å². The maximum absolute atomic E-state index is 13.9. The third-order valence-corrected chi connectivity index (χ3v) is 5.16. The van der Waals surface area contributed by atoms with Crippen LogP contribution in [0.25, 0.3) is 22.2 Å². The fourth-order valence-electron chi connectivity index (χ4n) is 3.46. The van der Waals surface area contributed by atoms with Gasteiger partial charge < -0.3 is 9.47 Å². The number of rotatable bonds is 4. The number of nitrogens with zero attached hydrogens (tertiary/aromatic N) is 4. The van der Waals surface area contributed by atoms with Gasteiger partial charge in [-0.25, -0.2) is 9.37 Å². The lowest BCUT2D eigenvalue weighted by Crippen LogP contribution is -2.28. The van der Waals surface area contributed by atoms with E-state index in [0.717, 1.165) is 23.9 Å². The number of fused-ring (bicyclic) bond motifs is 1. The zero-order valence-electron chi connectivity index (χ0n) is 14.5. The Hall–Kier alpha value is -2.91.